The van der Waals surface area contributed by atoms with Crippen LogP contribution in [0.5, 0.6) is 0 Å². The van der Waals surface area contributed by atoms with Gasteiger partial charge in [-0.25, -0.2) is 0 Å². The number of fused-ring (bicyclic) bond motifs is 1. The van der Waals surface area contributed by atoms with E-state index in [1.165, 1.54) is 15.6 Å². The minimum atomic E-state index is -0.780. The van der Waals surface area contributed by atoms with E-state index in [1.54, 1.807) is 11.3 Å². The SMILES string of the molecule is Cc1csc2cc(CC(=O)O)ccc12. The summed E-state index contributed by atoms with van der Waals surface area (Å²) in [5, 5.41) is 12.0. The summed E-state index contributed by atoms with van der Waals surface area (Å²) in [5.74, 6) is -0.780. The molecule has 72 valence electrons. The van der Waals surface area contributed by atoms with Gasteiger partial charge in [0.15, 0.2) is 0 Å². The molecule has 14 heavy (non-hydrogen) atoms. The normalized spacial score (nSPS) is 10.6. The Balaban J connectivity index is 2.46. The lowest BCUT2D eigenvalue weighted by molar-refractivity contribution is -0.136. The maximum Gasteiger partial charge on any atom is 0.307 e. The average Bonchev–Trinajstić information content (AvgIpc) is 2.46. The van der Waals surface area contributed by atoms with Crippen LogP contribution in [0, 0.1) is 6.92 Å². The van der Waals surface area contributed by atoms with Gasteiger partial charge in [-0.1, -0.05) is 12.1 Å². The number of aliphatic carboxylic acids is 1. The van der Waals surface area contributed by atoms with E-state index < -0.39 is 5.97 Å². The predicted octanol–water partition coefficient (Wildman–Crippen LogP) is 2.84. The molecule has 0 spiro atoms. The highest BCUT2D eigenvalue weighted by Gasteiger charge is 2.04. The Morgan fingerprint density at radius 1 is 1.50 bits per heavy atom. The van der Waals surface area contributed by atoms with Crippen LogP contribution in [0.1, 0.15) is 11.1 Å². The molecule has 2 nitrogen and oxygen atoms in total. The van der Waals surface area contributed by atoms with Crippen LogP contribution in [0.2, 0.25) is 0 Å². The Morgan fingerprint density at radius 3 is 3.00 bits per heavy atom. The maximum absolute atomic E-state index is 10.5. The first-order chi connectivity index (χ1) is 6.66. The van der Waals surface area contributed by atoms with Crippen molar-refractivity contribution in [1.29, 1.82) is 0 Å². The van der Waals surface area contributed by atoms with E-state index in [2.05, 4.69) is 12.3 Å². The minimum absolute atomic E-state index is 0.104. The van der Waals surface area contributed by atoms with Gasteiger partial charge in [-0.3, -0.25) is 4.79 Å². The highest BCUT2D eigenvalue weighted by atomic mass is 32.1. The first-order valence-electron chi connectivity index (χ1n) is 4.35. The van der Waals surface area contributed by atoms with Crippen LogP contribution in [-0.2, 0) is 11.2 Å². The second kappa shape index (κ2) is 3.42. The summed E-state index contributed by atoms with van der Waals surface area (Å²) < 4.78 is 1.17. The van der Waals surface area contributed by atoms with Crippen molar-refractivity contribution in [3.8, 4) is 0 Å². The van der Waals surface area contributed by atoms with Gasteiger partial charge in [-0.05, 0) is 34.9 Å². The fourth-order valence-electron chi connectivity index (χ4n) is 1.49. The molecule has 2 rings (SSSR count). The van der Waals surface area contributed by atoms with Gasteiger partial charge in [-0.2, -0.15) is 0 Å². The third kappa shape index (κ3) is 1.63. The summed E-state index contributed by atoms with van der Waals surface area (Å²) >= 11 is 1.66. The lowest BCUT2D eigenvalue weighted by Gasteiger charge is -1.97. The van der Waals surface area contributed by atoms with Crippen molar-refractivity contribution < 1.29 is 9.90 Å². The monoisotopic (exact) mass is 206 g/mol. The molecule has 0 aliphatic heterocycles. The van der Waals surface area contributed by atoms with Crippen LogP contribution in [-0.4, -0.2) is 11.1 Å². The van der Waals surface area contributed by atoms with E-state index >= 15 is 0 Å². The standard InChI is InChI=1S/C11H10O2S/c1-7-6-14-10-4-8(5-11(12)13)2-3-9(7)10/h2-4,6H,5H2,1H3,(H,12,13). The molecule has 0 aliphatic carbocycles. The lowest BCUT2D eigenvalue weighted by Crippen LogP contribution is -1.99. The van der Waals surface area contributed by atoms with E-state index in [-0.39, 0.29) is 6.42 Å². The van der Waals surface area contributed by atoms with Gasteiger partial charge in [0.25, 0.3) is 0 Å². The van der Waals surface area contributed by atoms with Gasteiger partial charge in [-0.15, -0.1) is 11.3 Å². The largest absolute Gasteiger partial charge is 0.481 e. The highest BCUT2D eigenvalue weighted by molar-refractivity contribution is 7.17. The average molecular weight is 206 g/mol. The Hall–Kier alpha value is -1.35. The lowest BCUT2D eigenvalue weighted by atomic mass is 10.1. The summed E-state index contributed by atoms with van der Waals surface area (Å²) in [6.07, 6.45) is 0.104. The summed E-state index contributed by atoms with van der Waals surface area (Å²) in [6, 6.07) is 5.84. The van der Waals surface area contributed by atoms with Crippen molar-refractivity contribution in [3.63, 3.8) is 0 Å². The van der Waals surface area contributed by atoms with Gasteiger partial charge in [0, 0.05) is 4.70 Å². The number of hydrogen-bond acceptors (Lipinski definition) is 2. The molecule has 1 aromatic carbocycles. The van der Waals surface area contributed by atoms with E-state index in [0.717, 1.165) is 5.56 Å². The Morgan fingerprint density at radius 2 is 2.29 bits per heavy atom. The van der Waals surface area contributed by atoms with Crippen LogP contribution in [0.3, 0.4) is 0 Å². The molecule has 1 aromatic heterocycles. The fourth-order valence-corrected chi connectivity index (χ4v) is 2.50. The number of carbonyl (C=O) groups is 1. The zero-order valence-electron chi connectivity index (χ0n) is 7.78. The Kier molecular flexibility index (Phi) is 2.25. The van der Waals surface area contributed by atoms with Crippen molar-refractivity contribution >= 4 is 27.4 Å². The quantitative estimate of drug-likeness (QED) is 0.820. The van der Waals surface area contributed by atoms with Crippen LogP contribution >= 0.6 is 11.3 Å². The van der Waals surface area contributed by atoms with Gasteiger partial charge >= 0.3 is 5.97 Å². The third-order valence-corrected chi connectivity index (χ3v) is 3.25. The van der Waals surface area contributed by atoms with Gasteiger partial charge in [0.05, 0.1) is 6.42 Å². The van der Waals surface area contributed by atoms with E-state index in [4.69, 9.17) is 5.11 Å². The van der Waals surface area contributed by atoms with Crippen molar-refractivity contribution in [1.82, 2.24) is 0 Å². The summed E-state index contributed by atoms with van der Waals surface area (Å²) in [6.45, 7) is 2.07. The van der Waals surface area contributed by atoms with E-state index in [0.29, 0.717) is 0 Å². The van der Waals surface area contributed by atoms with Crippen LogP contribution in [0.4, 0.5) is 0 Å². The van der Waals surface area contributed by atoms with Gasteiger partial charge in [0.2, 0.25) is 0 Å². The Bertz CT molecular complexity index is 485. The van der Waals surface area contributed by atoms with Gasteiger partial charge < -0.3 is 5.11 Å². The summed E-state index contributed by atoms with van der Waals surface area (Å²) in [7, 11) is 0. The van der Waals surface area contributed by atoms with E-state index in [9.17, 15) is 4.79 Å². The molecule has 0 amide bonds. The number of benzene rings is 1. The Labute approximate surface area is 85.8 Å². The van der Waals surface area contributed by atoms with Crippen LogP contribution in [0.15, 0.2) is 23.6 Å². The number of carboxylic acids is 1. The predicted molar refractivity (Wildman–Crippen MR) is 57.9 cm³/mol. The molecule has 0 radical (unpaired) electrons. The van der Waals surface area contributed by atoms with Crippen LogP contribution in [0.25, 0.3) is 10.1 Å². The smallest absolute Gasteiger partial charge is 0.307 e. The van der Waals surface area contributed by atoms with Crippen molar-refractivity contribution in [2.24, 2.45) is 0 Å². The molecule has 1 N–H and O–H groups in total. The number of rotatable bonds is 2. The second-order valence-electron chi connectivity index (χ2n) is 3.32. The minimum Gasteiger partial charge on any atom is -0.481 e. The van der Waals surface area contributed by atoms with Crippen molar-refractivity contribution in [3.05, 3.63) is 34.7 Å². The third-order valence-electron chi connectivity index (χ3n) is 2.19. The molecule has 0 aliphatic rings. The molecule has 2 aromatic rings. The summed E-state index contributed by atoms with van der Waals surface area (Å²) in [4.78, 5) is 10.5. The topological polar surface area (TPSA) is 37.3 Å². The molecule has 0 bridgehead atoms. The number of carboxylic acid groups (broad SMARTS) is 1. The fraction of sp³-hybridized carbons (Fsp3) is 0.182. The molecule has 0 unspecified atom stereocenters. The molecule has 0 saturated heterocycles. The number of hydrogen-bond donors (Lipinski definition) is 1. The highest BCUT2D eigenvalue weighted by Crippen LogP contribution is 2.26. The molecular formula is C11H10O2S. The zero-order chi connectivity index (χ0) is 10.1. The molecule has 0 atom stereocenters. The van der Waals surface area contributed by atoms with Crippen molar-refractivity contribution in [2.45, 2.75) is 13.3 Å². The first-order valence-corrected chi connectivity index (χ1v) is 5.23. The summed E-state index contributed by atoms with van der Waals surface area (Å²) in [5.41, 5.74) is 2.12. The second-order valence-corrected chi connectivity index (χ2v) is 4.23. The molecule has 0 saturated carbocycles. The maximum atomic E-state index is 10.5. The molecule has 1 heterocycles. The van der Waals surface area contributed by atoms with E-state index in [1.807, 2.05) is 18.2 Å². The zero-order valence-corrected chi connectivity index (χ0v) is 8.60. The number of thiophene rings is 1. The number of aryl methyl sites for hydroxylation is 1. The first kappa shape index (κ1) is 9.21. The van der Waals surface area contributed by atoms with Gasteiger partial charge in [0.1, 0.15) is 0 Å². The molecular weight excluding hydrogens is 196 g/mol. The van der Waals surface area contributed by atoms with Crippen molar-refractivity contribution in [2.75, 3.05) is 0 Å². The molecule has 3 heteroatoms. The molecule has 0 fully saturated rings. The van der Waals surface area contributed by atoms with Crippen LogP contribution < -0.4 is 0 Å².